The first-order valence-corrected chi connectivity index (χ1v) is 10.5. The smallest absolute Gasteiger partial charge is 0.256 e. The van der Waals surface area contributed by atoms with Crippen molar-refractivity contribution >= 4 is 27.5 Å². The van der Waals surface area contributed by atoms with Gasteiger partial charge < -0.3 is 4.90 Å². The number of nitrogens with zero attached hydrogens (tertiary/aromatic N) is 4. The van der Waals surface area contributed by atoms with E-state index < -0.39 is 15.6 Å². The lowest BCUT2D eigenvalue weighted by Gasteiger charge is -2.44. The van der Waals surface area contributed by atoms with Crippen molar-refractivity contribution in [2.45, 2.75) is 24.3 Å². The molecule has 1 atom stereocenters. The molecule has 1 saturated heterocycles. The van der Waals surface area contributed by atoms with Gasteiger partial charge in [0.15, 0.2) is 0 Å². The molecule has 7 nitrogen and oxygen atoms in total. The van der Waals surface area contributed by atoms with E-state index in [9.17, 15) is 13.2 Å². The van der Waals surface area contributed by atoms with E-state index in [4.69, 9.17) is 16.9 Å². The number of hydrogen-bond acceptors (Lipinski definition) is 5. The Balaban J connectivity index is 1.75. The molecule has 0 N–H and O–H groups in total. The maximum absolute atomic E-state index is 13.2. The predicted octanol–water partition coefficient (Wildman–Crippen LogP) is 2.29. The maximum atomic E-state index is 13.2. The van der Waals surface area contributed by atoms with Crippen molar-refractivity contribution < 1.29 is 13.2 Å². The quantitative estimate of drug-likeness (QED) is 0.748. The first-order valence-electron chi connectivity index (χ1n) is 8.68. The molecule has 0 spiro atoms. The van der Waals surface area contributed by atoms with Gasteiger partial charge in [-0.1, -0.05) is 11.6 Å². The standard InChI is InChI=1S/C19H17ClN4O3S/c1-12-17-14(5-6-22-12)19(2)11-23(7-8-24(19)18(17)25)28(26,27)16-4-3-13(10-21)9-15(16)20/h3-6,9H,7-8,11H2,1-2H3. The Hall–Kier alpha value is -2.47. The molecule has 2 aliphatic heterocycles. The van der Waals surface area contributed by atoms with Crippen LogP contribution >= 0.6 is 11.6 Å². The highest BCUT2D eigenvalue weighted by Gasteiger charge is 2.52. The third kappa shape index (κ3) is 2.54. The number of piperazine rings is 1. The van der Waals surface area contributed by atoms with Crippen molar-refractivity contribution in [1.82, 2.24) is 14.2 Å². The normalized spacial score (nSPS) is 21.9. The summed E-state index contributed by atoms with van der Waals surface area (Å²) in [6, 6.07) is 7.85. The molecule has 0 aliphatic carbocycles. The number of halogens is 1. The molecular formula is C19H17ClN4O3S. The number of benzene rings is 1. The Kier molecular flexibility index (Phi) is 4.23. The number of pyridine rings is 1. The number of hydrogen-bond donors (Lipinski definition) is 0. The van der Waals surface area contributed by atoms with Crippen molar-refractivity contribution in [2.24, 2.45) is 0 Å². The van der Waals surface area contributed by atoms with Gasteiger partial charge in [-0.15, -0.1) is 0 Å². The van der Waals surface area contributed by atoms with Crippen LogP contribution in [0.5, 0.6) is 0 Å². The van der Waals surface area contributed by atoms with E-state index in [2.05, 4.69) is 4.98 Å². The first-order chi connectivity index (χ1) is 13.2. The summed E-state index contributed by atoms with van der Waals surface area (Å²) in [5.74, 6) is -0.114. The molecule has 0 radical (unpaired) electrons. The summed E-state index contributed by atoms with van der Waals surface area (Å²) in [6.07, 6.45) is 1.64. The molecule has 1 unspecified atom stereocenters. The number of rotatable bonds is 2. The van der Waals surface area contributed by atoms with Crippen molar-refractivity contribution in [3.8, 4) is 6.07 Å². The second-order valence-electron chi connectivity index (χ2n) is 7.15. The van der Waals surface area contributed by atoms with Gasteiger partial charge in [-0.3, -0.25) is 9.78 Å². The van der Waals surface area contributed by atoms with Crippen LogP contribution in [0.2, 0.25) is 5.02 Å². The molecule has 9 heteroatoms. The molecule has 1 fully saturated rings. The van der Waals surface area contributed by atoms with Crippen molar-refractivity contribution in [1.29, 1.82) is 5.26 Å². The topological polar surface area (TPSA) is 94.4 Å². The number of carbonyl (C=O) groups is 1. The summed E-state index contributed by atoms with van der Waals surface area (Å²) in [5, 5.41) is 8.98. The van der Waals surface area contributed by atoms with Crippen LogP contribution in [0.1, 0.15) is 34.1 Å². The lowest BCUT2D eigenvalue weighted by atomic mass is 9.90. The Morgan fingerprint density at radius 2 is 2.04 bits per heavy atom. The zero-order valence-corrected chi connectivity index (χ0v) is 16.9. The molecule has 2 aliphatic rings. The zero-order valence-electron chi connectivity index (χ0n) is 15.3. The van der Waals surface area contributed by atoms with E-state index in [-0.39, 0.29) is 35.5 Å². The first kappa shape index (κ1) is 18.9. The lowest BCUT2D eigenvalue weighted by molar-refractivity contribution is 0.0376. The van der Waals surface area contributed by atoms with E-state index in [0.29, 0.717) is 16.8 Å². The van der Waals surface area contributed by atoms with Gasteiger partial charge in [0.25, 0.3) is 5.91 Å². The number of sulfonamides is 1. The highest BCUT2D eigenvalue weighted by atomic mass is 35.5. The molecule has 1 aromatic carbocycles. The van der Waals surface area contributed by atoms with Crippen LogP contribution in [0, 0.1) is 18.3 Å². The summed E-state index contributed by atoms with van der Waals surface area (Å²) in [4.78, 5) is 18.8. The molecule has 1 aromatic heterocycles. The van der Waals surface area contributed by atoms with E-state index in [1.54, 1.807) is 24.1 Å². The lowest BCUT2D eigenvalue weighted by Crippen LogP contribution is -2.58. The number of amides is 1. The molecule has 28 heavy (non-hydrogen) atoms. The summed E-state index contributed by atoms with van der Waals surface area (Å²) in [7, 11) is -3.89. The number of nitriles is 1. The van der Waals surface area contributed by atoms with Gasteiger partial charge in [-0.05, 0) is 43.7 Å². The average Bonchev–Trinajstić information content (AvgIpc) is 2.89. The summed E-state index contributed by atoms with van der Waals surface area (Å²) >= 11 is 6.15. The van der Waals surface area contributed by atoms with Gasteiger partial charge in [-0.2, -0.15) is 9.57 Å². The predicted molar refractivity (Wildman–Crippen MR) is 102 cm³/mol. The minimum absolute atomic E-state index is 0.00887. The highest BCUT2D eigenvalue weighted by Crippen LogP contribution is 2.43. The second kappa shape index (κ2) is 6.27. The minimum Gasteiger partial charge on any atom is -0.326 e. The SMILES string of the molecule is Cc1nccc2c1C(=O)N1CCN(S(=O)(=O)c3ccc(C#N)cc3Cl)CC21C. The van der Waals surface area contributed by atoms with Gasteiger partial charge in [0, 0.05) is 25.8 Å². The van der Waals surface area contributed by atoms with Crippen molar-refractivity contribution in [3.63, 3.8) is 0 Å². The van der Waals surface area contributed by atoms with Crippen LogP contribution in [0.4, 0.5) is 0 Å². The molecule has 4 rings (SSSR count). The van der Waals surface area contributed by atoms with Crippen LogP contribution in [0.25, 0.3) is 0 Å². The minimum atomic E-state index is -3.89. The van der Waals surface area contributed by atoms with Crippen LogP contribution < -0.4 is 0 Å². The van der Waals surface area contributed by atoms with E-state index in [0.717, 1.165) is 5.56 Å². The fourth-order valence-corrected chi connectivity index (χ4v) is 6.11. The van der Waals surface area contributed by atoms with Crippen LogP contribution in [-0.4, -0.2) is 48.1 Å². The van der Waals surface area contributed by atoms with Gasteiger partial charge in [-0.25, -0.2) is 8.42 Å². The summed E-state index contributed by atoms with van der Waals surface area (Å²) in [6.45, 7) is 4.21. The van der Waals surface area contributed by atoms with Gasteiger partial charge in [0.1, 0.15) is 4.90 Å². The number of aromatic nitrogens is 1. The Labute approximate surface area is 168 Å². The molecule has 144 valence electrons. The molecule has 2 aromatic rings. The monoisotopic (exact) mass is 416 g/mol. The van der Waals surface area contributed by atoms with Gasteiger partial charge in [0.05, 0.1) is 33.5 Å². The number of fused-ring (bicyclic) bond motifs is 3. The Morgan fingerprint density at radius 3 is 2.71 bits per heavy atom. The molecule has 0 saturated carbocycles. The number of aryl methyl sites for hydroxylation is 1. The third-order valence-electron chi connectivity index (χ3n) is 5.51. The van der Waals surface area contributed by atoms with Gasteiger partial charge in [0.2, 0.25) is 10.0 Å². The number of carbonyl (C=O) groups excluding carboxylic acids is 1. The van der Waals surface area contributed by atoms with Crippen LogP contribution in [0.3, 0.4) is 0 Å². The van der Waals surface area contributed by atoms with E-state index in [1.165, 1.54) is 22.5 Å². The Bertz CT molecular complexity index is 1160. The van der Waals surface area contributed by atoms with Crippen molar-refractivity contribution in [3.05, 3.63) is 57.9 Å². The highest BCUT2D eigenvalue weighted by molar-refractivity contribution is 7.89. The fraction of sp³-hybridized carbons (Fsp3) is 0.316. The van der Waals surface area contributed by atoms with E-state index in [1.807, 2.05) is 13.0 Å². The largest absolute Gasteiger partial charge is 0.326 e. The second-order valence-corrected chi connectivity index (χ2v) is 9.46. The molecular weight excluding hydrogens is 400 g/mol. The maximum Gasteiger partial charge on any atom is 0.256 e. The fourth-order valence-electron chi connectivity index (χ4n) is 4.07. The zero-order chi connectivity index (χ0) is 20.3. The summed E-state index contributed by atoms with van der Waals surface area (Å²) in [5.41, 5.74) is 1.50. The molecule has 3 heterocycles. The molecule has 1 amide bonds. The molecule has 0 bridgehead atoms. The van der Waals surface area contributed by atoms with Crippen LogP contribution in [0.15, 0.2) is 35.4 Å². The van der Waals surface area contributed by atoms with Gasteiger partial charge >= 0.3 is 0 Å². The Morgan fingerprint density at radius 1 is 1.29 bits per heavy atom. The third-order valence-corrected chi connectivity index (χ3v) is 7.84. The van der Waals surface area contributed by atoms with Crippen LogP contribution in [-0.2, 0) is 15.6 Å². The van der Waals surface area contributed by atoms with Crippen molar-refractivity contribution in [2.75, 3.05) is 19.6 Å². The van der Waals surface area contributed by atoms with E-state index >= 15 is 0 Å². The average molecular weight is 417 g/mol. The summed E-state index contributed by atoms with van der Waals surface area (Å²) < 4.78 is 27.8.